The van der Waals surface area contributed by atoms with Crippen molar-refractivity contribution in [2.75, 3.05) is 7.11 Å². The Hall–Kier alpha value is -0.630. The second-order valence-electron chi connectivity index (χ2n) is 8.87. The molecule has 0 bridgehead atoms. The van der Waals surface area contributed by atoms with Crippen molar-refractivity contribution in [1.82, 2.24) is 0 Å². The number of carbonyl (C=O) groups excluding carboxylic acids is 1. The average Bonchev–Trinajstić information content (AvgIpc) is 2.84. The first-order valence-electron chi connectivity index (χ1n) is 9.24. The molecule has 4 rings (SSSR count). The van der Waals surface area contributed by atoms with Crippen LogP contribution in [0.1, 0.15) is 58.8 Å². The number of hydrogen-bond acceptors (Lipinski definition) is 2. The Morgan fingerprint density at radius 2 is 1.91 bits per heavy atom. The Bertz CT molecular complexity index is 510. The van der Waals surface area contributed by atoms with Gasteiger partial charge in [0.25, 0.3) is 0 Å². The summed E-state index contributed by atoms with van der Waals surface area (Å²) in [4.78, 5) is 11.8. The van der Waals surface area contributed by atoms with Crippen molar-refractivity contribution in [1.29, 1.82) is 0 Å². The monoisotopic (exact) mass is 302 g/mol. The van der Waals surface area contributed by atoms with Crippen LogP contribution in [-0.4, -0.2) is 19.0 Å². The summed E-state index contributed by atoms with van der Waals surface area (Å²) in [5.41, 5.74) is 0.663. The summed E-state index contributed by atoms with van der Waals surface area (Å²) in [7, 11) is 1.90. The van der Waals surface area contributed by atoms with Crippen molar-refractivity contribution >= 4 is 5.78 Å². The minimum Gasteiger partial charge on any atom is -0.381 e. The zero-order valence-electron chi connectivity index (χ0n) is 14.3. The fourth-order valence-electron chi connectivity index (χ4n) is 6.97. The largest absolute Gasteiger partial charge is 0.381 e. The van der Waals surface area contributed by atoms with Crippen LogP contribution in [0.2, 0.25) is 0 Å². The standard InChI is InChI=1S/C20H30O2/c1-19-10-8-14(21)12-13(19)4-5-15-16-6-7-18(22-3)20(16,2)11-9-17(15)19/h8,10,13,15-18H,4-7,9,11-12H2,1-3H3/t13?,15-,16-,17+,18?,19-,20-/m0/s1. The van der Waals surface area contributed by atoms with E-state index in [1.54, 1.807) is 0 Å². The summed E-state index contributed by atoms with van der Waals surface area (Å²) in [5, 5.41) is 0. The van der Waals surface area contributed by atoms with E-state index in [0.29, 0.717) is 23.2 Å². The van der Waals surface area contributed by atoms with Crippen LogP contribution in [0.5, 0.6) is 0 Å². The van der Waals surface area contributed by atoms with Gasteiger partial charge < -0.3 is 4.74 Å². The molecule has 0 aromatic heterocycles. The number of allylic oxidation sites excluding steroid dienone is 2. The maximum atomic E-state index is 11.8. The van der Waals surface area contributed by atoms with Crippen LogP contribution in [-0.2, 0) is 9.53 Å². The molecule has 7 atom stereocenters. The van der Waals surface area contributed by atoms with Gasteiger partial charge in [-0.3, -0.25) is 4.79 Å². The highest BCUT2D eigenvalue weighted by Gasteiger charge is 2.59. The van der Waals surface area contributed by atoms with E-state index in [-0.39, 0.29) is 5.41 Å². The van der Waals surface area contributed by atoms with E-state index in [1.165, 1.54) is 38.5 Å². The van der Waals surface area contributed by atoms with Gasteiger partial charge in [-0.25, -0.2) is 0 Å². The van der Waals surface area contributed by atoms with Crippen LogP contribution < -0.4 is 0 Å². The third-order valence-electron chi connectivity index (χ3n) is 8.24. The topological polar surface area (TPSA) is 26.3 Å². The number of carbonyl (C=O) groups is 1. The fourth-order valence-corrected chi connectivity index (χ4v) is 6.97. The van der Waals surface area contributed by atoms with E-state index in [0.717, 1.165) is 24.2 Å². The average molecular weight is 302 g/mol. The van der Waals surface area contributed by atoms with Crippen LogP contribution in [0.3, 0.4) is 0 Å². The number of hydrogen-bond donors (Lipinski definition) is 0. The van der Waals surface area contributed by atoms with Gasteiger partial charge in [-0.05, 0) is 79.1 Å². The Labute approximate surface area is 134 Å². The van der Waals surface area contributed by atoms with Crippen LogP contribution >= 0.6 is 0 Å². The van der Waals surface area contributed by atoms with Crippen molar-refractivity contribution < 1.29 is 9.53 Å². The zero-order chi connectivity index (χ0) is 15.5. The predicted octanol–water partition coefficient (Wildman–Crippen LogP) is 4.39. The lowest BCUT2D eigenvalue weighted by Gasteiger charge is -2.58. The Balaban J connectivity index is 1.66. The first-order valence-corrected chi connectivity index (χ1v) is 9.24. The highest BCUT2D eigenvalue weighted by Crippen LogP contribution is 2.65. The van der Waals surface area contributed by atoms with Crippen molar-refractivity contribution in [3.8, 4) is 0 Å². The van der Waals surface area contributed by atoms with Gasteiger partial charge in [0.2, 0.25) is 0 Å². The lowest BCUT2D eigenvalue weighted by Crippen LogP contribution is -2.53. The van der Waals surface area contributed by atoms with Crippen molar-refractivity contribution in [3.63, 3.8) is 0 Å². The van der Waals surface area contributed by atoms with Crippen LogP contribution in [0.4, 0.5) is 0 Å². The Morgan fingerprint density at radius 3 is 2.68 bits per heavy atom. The van der Waals surface area contributed by atoms with Gasteiger partial charge in [0.05, 0.1) is 6.10 Å². The molecule has 2 nitrogen and oxygen atoms in total. The van der Waals surface area contributed by atoms with Crippen LogP contribution in [0.15, 0.2) is 12.2 Å². The van der Waals surface area contributed by atoms with E-state index < -0.39 is 0 Å². The van der Waals surface area contributed by atoms with Gasteiger partial charge in [-0.1, -0.05) is 19.9 Å². The molecular formula is C20H30O2. The summed E-state index contributed by atoms with van der Waals surface area (Å²) in [6.07, 6.45) is 13.2. The van der Waals surface area contributed by atoms with Crippen molar-refractivity contribution in [3.05, 3.63) is 12.2 Å². The molecule has 3 saturated carbocycles. The molecule has 22 heavy (non-hydrogen) atoms. The second kappa shape index (κ2) is 4.93. The molecule has 2 unspecified atom stereocenters. The number of fused-ring (bicyclic) bond motifs is 5. The first-order chi connectivity index (χ1) is 10.5. The van der Waals surface area contributed by atoms with E-state index in [2.05, 4.69) is 19.9 Å². The molecule has 4 aliphatic carbocycles. The second-order valence-corrected chi connectivity index (χ2v) is 8.87. The molecule has 0 radical (unpaired) electrons. The van der Waals surface area contributed by atoms with E-state index in [1.807, 2.05) is 13.2 Å². The van der Waals surface area contributed by atoms with E-state index in [9.17, 15) is 4.79 Å². The number of methoxy groups -OCH3 is 1. The molecular weight excluding hydrogens is 272 g/mol. The highest BCUT2D eigenvalue weighted by atomic mass is 16.5. The smallest absolute Gasteiger partial charge is 0.155 e. The summed E-state index contributed by atoms with van der Waals surface area (Å²) in [6.45, 7) is 4.94. The lowest BCUT2D eigenvalue weighted by atomic mass is 9.46. The Kier molecular flexibility index (Phi) is 3.35. The third kappa shape index (κ3) is 1.85. The van der Waals surface area contributed by atoms with Crippen molar-refractivity contribution in [2.45, 2.75) is 64.9 Å². The normalized spacial score (nSPS) is 53.8. The zero-order valence-corrected chi connectivity index (χ0v) is 14.3. The summed E-state index contributed by atoms with van der Waals surface area (Å²) < 4.78 is 5.85. The summed E-state index contributed by atoms with van der Waals surface area (Å²) >= 11 is 0. The summed E-state index contributed by atoms with van der Waals surface area (Å²) in [5.74, 6) is 3.40. The molecule has 4 aliphatic rings. The Morgan fingerprint density at radius 1 is 1.09 bits per heavy atom. The molecule has 122 valence electrons. The molecule has 0 aromatic rings. The molecule has 0 spiro atoms. The number of ether oxygens (including phenoxy) is 1. The van der Waals surface area contributed by atoms with Gasteiger partial charge >= 0.3 is 0 Å². The maximum absolute atomic E-state index is 11.8. The van der Waals surface area contributed by atoms with E-state index >= 15 is 0 Å². The SMILES string of the molecule is COC1CC[C@H]2[C@@H]3CCC4CC(=O)C=C[C@]4(C)[C@@H]3CC[C@]12C. The van der Waals surface area contributed by atoms with Gasteiger partial charge in [0.15, 0.2) is 5.78 Å². The third-order valence-corrected chi connectivity index (χ3v) is 8.24. The van der Waals surface area contributed by atoms with E-state index in [4.69, 9.17) is 4.74 Å². The molecule has 0 saturated heterocycles. The maximum Gasteiger partial charge on any atom is 0.155 e. The summed E-state index contributed by atoms with van der Waals surface area (Å²) in [6, 6.07) is 0. The fraction of sp³-hybridized carbons (Fsp3) is 0.850. The minimum absolute atomic E-state index is 0.267. The quantitative estimate of drug-likeness (QED) is 0.718. The van der Waals surface area contributed by atoms with Crippen LogP contribution in [0.25, 0.3) is 0 Å². The molecule has 0 N–H and O–H groups in total. The molecule has 3 fully saturated rings. The van der Waals surface area contributed by atoms with Gasteiger partial charge in [-0.15, -0.1) is 0 Å². The molecule has 0 aliphatic heterocycles. The van der Waals surface area contributed by atoms with Gasteiger partial charge in [0, 0.05) is 13.5 Å². The molecule has 0 aromatic carbocycles. The predicted molar refractivity (Wildman–Crippen MR) is 87.4 cm³/mol. The lowest BCUT2D eigenvalue weighted by molar-refractivity contribution is -0.124. The minimum atomic E-state index is 0.267. The van der Waals surface area contributed by atoms with Gasteiger partial charge in [0.1, 0.15) is 0 Å². The molecule has 0 amide bonds. The molecule has 2 heteroatoms. The van der Waals surface area contributed by atoms with Crippen molar-refractivity contribution in [2.24, 2.45) is 34.5 Å². The van der Waals surface area contributed by atoms with Crippen LogP contribution in [0, 0.1) is 34.5 Å². The number of ketones is 1. The number of rotatable bonds is 1. The van der Waals surface area contributed by atoms with Gasteiger partial charge in [-0.2, -0.15) is 0 Å². The first kappa shape index (κ1) is 14.9. The molecule has 0 heterocycles. The highest BCUT2D eigenvalue weighted by molar-refractivity contribution is 5.91.